The molecule has 0 radical (unpaired) electrons. The predicted molar refractivity (Wildman–Crippen MR) is 82.8 cm³/mol. The van der Waals surface area contributed by atoms with E-state index in [1.54, 1.807) is 0 Å². The summed E-state index contributed by atoms with van der Waals surface area (Å²) in [4.78, 5) is 5.88. The van der Waals surface area contributed by atoms with Gasteiger partial charge in [-0.05, 0) is 32.4 Å². The summed E-state index contributed by atoms with van der Waals surface area (Å²) < 4.78 is 0. The van der Waals surface area contributed by atoms with Gasteiger partial charge in [-0.25, -0.2) is 4.98 Å². The van der Waals surface area contributed by atoms with E-state index in [0.717, 1.165) is 13.0 Å². The van der Waals surface area contributed by atoms with Crippen LogP contribution >= 0.6 is 11.3 Å². The molecule has 0 spiro atoms. The summed E-state index contributed by atoms with van der Waals surface area (Å²) in [5, 5.41) is 4.71. The maximum absolute atomic E-state index is 4.55. The first-order valence-corrected chi connectivity index (χ1v) is 7.74. The molecule has 0 bridgehead atoms. The van der Waals surface area contributed by atoms with Crippen molar-refractivity contribution in [3.8, 4) is 0 Å². The molecule has 0 aliphatic carbocycles. The summed E-state index contributed by atoms with van der Waals surface area (Å²) in [5.41, 5.74) is 2.65. The van der Waals surface area contributed by atoms with Gasteiger partial charge in [0.15, 0.2) is 0 Å². The van der Waals surface area contributed by atoms with Gasteiger partial charge in [-0.1, -0.05) is 36.8 Å². The van der Waals surface area contributed by atoms with Crippen LogP contribution in [-0.2, 0) is 6.42 Å². The molecule has 1 unspecified atom stereocenters. The Morgan fingerprint density at radius 2 is 2.21 bits per heavy atom. The Hall–Kier alpha value is -1.19. The molecule has 0 aliphatic heterocycles. The second kappa shape index (κ2) is 6.83. The van der Waals surface area contributed by atoms with Gasteiger partial charge in [0.25, 0.3) is 0 Å². The minimum atomic E-state index is 0.406. The monoisotopic (exact) mass is 274 g/mol. The lowest BCUT2D eigenvalue weighted by Gasteiger charge is -2.09. The number of hydrogen-bond acceptors (Lipinski definition) is 3. The van der Waals surface area contributed by atoms with Gasteiger partial charge in [0.05, 0.1) is 5.01 Å². The summed E-state index contributed by atoms with van der Waals surface area (Å²) in [6.45, 7) is 7.59. The molecule has 2 rings (SSSR count). The molecule has 0 saturated carbocycles. The van der Waals surface area contributed by atoms with E-state index < -0.39 is 0 Å². The summed E-state index contributed by atoms with van der Waals surface area (Å²) in [5.74, 6) is 0. The maximum Gasteiger partial charge on any atom is 0.0972 e. The Morgan fingerprint density at radius 1 is 1.37 bits per heavy atom. The summed E-state index contributed by atoms with van der Waals surface area (Å²) in [6, 6.07) is 9.06. The van der Waals surface area contributed by atoms with E-state index in [1.807, 2.05) is 17.5 Å². The number of hydrogen-bond donors (Lipinski definition) is 1. The highest BCUT2D eigenvalue weighted by atomic mass is 32.1. The number of rotatable bonds is 6. The van der Waals surface area contributed by atoms with Crippen LogP contribution < -0.4 is 5.32 Å². The fourth-order valence-electron chi connectivity index (χ4n) is 2.06. The molecule has 1 N–H and O–H groups in total. The van der Waals surface area contributed by atoms with Gasteiger partial charge in [0.1, 0.15) is 0 Å². The Morgan fingerprint density at radius 3 is 2.95 bits per heavy atom. The van der Waals surface area contributed by atoms with Crippen molar-refractivity contribution in [2.24, 2.45) is 0 Å². The Balaban J connectivity index is 2.01. The first kappa shape index (κ1) is 14.2. The van der Waals surface area contributed by atoms with E-state index in [2.05, 4.69) is 55.3 Å². The fourth-order valence-corrected chi connectivity index (χ4v) is 3.05. The molecule has 19 heavy (non-hydrogen) atoms. The number of benzene rings is 1. The molecule has 0 amide bonds. The lowest BCUT2D eigenvalue weighted by Crippen LogP contribution is -2.18. The third-order valence-corrected chi connectivity index (χ3v) is 4.32. The number of nitrogens with one attached hydrogen (secondary N) is 1. The van der Waals surface area contributed by atoms with Gasteiger partial charge in [0.2, 0.25) is 0 Å². The third-order valence-electron chi connectivity index (χ3n) is 3.14. The van der Waals surface area contributed by atoms with Crippen molar-refractivity contribution < 1.29 is 0 Å². The molecule has 1 heterocycles. The van der Waals surface area contributed by atoms with Crippen molar-refractivity contribution in [1.82, 2.24) is 10.3 Å². The van der Waals surface area contributed by atoms with Crippen LogP contribution in [0.5, 0.6) is 0 Å². The summed E-state index contributed by atoms with van der Waals surface area (Å²) >= 11 is 1.82. The number of aryl methyl sites for hydroxylation is 1. The van der Waals surface area contributed by atoms with Crippen LogP contribution in [0.25, 0.3) is 0 Å². The zero-order valence-electron chi connectivity index (χ0n) is 11.9. The fraction of sp³-hybridized carbons (Fsp3) is 0.438. The molecule has 0 aliphatic rings. The van der Waals surface area contributed by atoms with Crippen molar-refractivity contribution in [1.29, 1.82) is 0 Å². The zero-order chi connectivity index (χ0) is 13.7. The third kappa shape index (κ3) is 4.15. The Bertz CT molecular complexity index is 519. The average Bonchev–Trinajstić information content (AvgIpc) is 2.84. The average molecular weight is 274 g/mol. The minimum absolute atomic E-state index is 0.406. The smallest absolute Gasteiger partial charge is 0.0972 e. The highest BCUT2D eigenvalue weighted by Gasteiger charge is 2.09. The van der Waals surface area contributed by atoms with Crippen LogP contribution in [0.15, 0.2) is 30.5 Å². The second-order valence-corrected chi connectivity index (χ2v) is 6.14. The topological polar surface area (TPSA) is 24.9 Å². The van der Waals surface area contributed by atoms with Gasteiger partial charge >= 0.3 is 0 Å². The van der Waals surface area contributed by atoms with E-state index in [1.165, 1.54) is 27.4 Å². The number of nitrogens with zero attached hydrogens (tertiary/aromatic N) is 1. The lowest BCUT2D eigenvalue weighted by atomic mass is 10.1. The molecule has 1 aromatic heterocycles. The van der Waals surface area contributed by atoms with Gasteiger partial charge in [0, 0.05) is 23.5 Å². The highest BCUT2D eigenvalue weighted by molar-refractivity contribution is 7.11. The lowest BCUT2D eigenvalue weighted by molar-refractivity contribution is 0.577. The van der Waals surface area contributed by atoms with Crippen molar-refractivity contribution in [3.05, 3.63) is 51.5 Å². The van der Waals surface area contributed by atoms with Gasteiger partial charge in [-0.15, -0.1) is 11.3 Å². The molecule has 0 saturated heterocycles. The van der Waals surface area contributed by atoms with Gasteiger partial charge in [-0.2, -0.15) is 0 Å². The van der Waals surface area contributed by atoms with Crippen LogP contribution in [-0.4, -0.2) is 11.5 Å². The van der Waals surface area contributed by atoms with E-state index in [4.69, 9.17) is 0 Å². The first-order chi connectivity index (χ1) is 9.19. The molecular weight excluding hydrogens is 252 g/mol. The van der Waals surface area contributed by atoms with Crippen molar-refractivity contribution in [2.75, 3.05) is 6.54 Å². The predicted octanol–water partition coefficient (Wildman–Crippen LogP) is 4.10. The number of aromatic nitrogens is 1. The van der Waals surface area contributed by atoms with E-state index in [-0.39, 0.29) is 0 Å². The Labute approximate surface area is 119 Å². The van der Waals surface area contributed by atoms with Crippen LogP contribution in [0.1, 0.15) is 47.3 Å². The molecule has 0 fully saturated rings. The largest absolute Gasteiger partial charge is 0.309 e. The summed E-state index contributed by atoms with van der Waals surface area (Å²) in [7, 11) is 0. The molecule has 102 valence electrons. The number of thiazole rings is 1. The van der Waals surface area contributed by atoms with Crippen molar-refractivity contribution >= 4 is 11.3 Å². The first-order valence-electron chi connectivity index (χ1n) is 6.92. The summed E-state index contributed by atoms with van der Waals surface area (Å²) in [6.07, 6.45) is 4.12. The molecule has 2 aromatic rings. The second-order valence-electron chi connectivity index (χ2n) is 5.00. The van der Waals surface area contributed by atoms with E-state index in [0.29, 0.717) is 6.04 Å². The zero-order valence-corrected chi connectivity index (χ0v) is 12.8. The maximum atomic E-state index is 4.55. The van der Waals surface area contributed by atoms with E-state index in [9.17, 15) is 0 Å². The SMILES string of the molecule is CCCNC(C)c1cnc(Cc2cccc(C)c2)s1. The van der Waals surface area contributed by atoms with Gasteiger partial charge in [-0.3, -0.25) is 0 Å². The van der Waals surface area contributed by atoms with Crippen LogP contribution in [0.4, 0.5) is 0 Å². The molecule has 2 nitrogen and oxygen atoms in total. The molecular formula is C16H22N2S. The Kier molecular flexibility index (Phi) is 5.11. The normalized spacial score (nSPS) is 12.6. The van der Waals surface area contributed by atoms with Crippen LogP contribution in [0.2, 0.25) is 0 Å². The van der Waals surface area contributed by atoms with Crippen molar-refractivity contribution in [2.45, 2.75) is 39.7 Å². The van der Waals surface area contributed by atoms with Crippen LogP contribution in [0, 0.1) is 6.92 Å². The minimum Gasteiger partial charge on any atom is -0.309 e. The highest BCUT2D eigenvalue weighted by Crippen LogP contribution is 2.22. The molecule has 1 atom stereocenters. The van der Waals surface area contributed by atoms with Crippen LogP contribution in [0.3, 0.4) is 0 Å². The molecule has 1 aromatic carbocycles. The van der Waals surface area contributed by atoms with Crippen molar-refractivity contribution in [3.63, 3.8) is 0 Å². The van der Waals surface area contributed by atoms with Gasteiger partial charge < -0.3 is 5.32 Å². The molecule has 3 heteroatoms. The quantitative estimate of drug-likeness (QED) is 0.857. The van der Waals surface area contributed by atoms with E-state index >= 15 is 0 Å². The standard InChI is InChI=1S/C16H22N2S/c1-4-8-17-13(3)15-11-18-16(19-15)10-14-7-5-6-12(2)9-14/h5-7,9,11,13,17H,4,8,10H2,1-3H3.